The zero-order chi connectivity index (χ0) is 23.3. The molecular formula is C29H44O3. The minimum atomic E-state index is -0.735. The molecule has 4 rings (SSSR count). The first kappa shape index (κ1) is 24.0. The van der Waals surface area contributed by atoms with Crippen LogP contribution in [0.2, 0.25) is 0 Å². The molecule has 0 bridgehead atoms. The van der Waals surface area contributed by atoms with Gasteiger partial charge in [0.2, 0.25) is 0 Å². The van der Waals surface area contributed by atoms with Crippen LogP contribution in [-0.2, 0) is 0 Å². The minimum absolute atomic E-state index is 0.205. The molecule has 7 atom stereocenters. The Kier molecular flexibility index (Phi) is 6.42. The van der Waals surface area contributed by atoms with E-state index < -0.39 is 17.8 Å². The van der Waals surface area contributed by atoms with Gasteiger partial charge in [-0.25, -0.2) is 0 Å². The van der Waals surface area contributed by atoms with Gasteiger partial charge in [0.05, 0.1) is 17.8 Å². The number of allylic oxidation sites excluding steroid dienone is 4. The molecule has 1 unspecified atom stereocenters. The summed E-state index contributed by atoms with van der Waals surface area (Å²) in [5.41, 5.74) is 2.71. The van der Waals surface area contributed by atoms with Crippen LogP contribution in [0.1, 0.15) is 85.5 Å². The summed E-state index contributed by atoms with van der Waals surface area (Å²) in [5, 5.41) is 31.3. The Morgan fingerprint density at radius 1 is 1.12 bits per heavy atom. The Morgan fingerprint density at radius 3 is 2.59 bits per heavy atom. The standard InChI is InChI=1S/C29H44O3/c1-19-12-14-28(5,27(3,4)32)15-16-29-13-6-7-21(25(29)11-10-24(19)29)8-9-22-17-23(30)18-26(31)20(22)2/h8-9,12,14,19,23-26,30-32H,2,6-7,10-11,13,15-18H2,1,3-5H3/b14-12-,21-8?,22-9?/t19-,23-,24-,25?,26+,28+,29+/m1/s1. The first-order valence-corrected chi connectivity index (χ1v) is 12.8. The second-order valence-corrected chi connectivity index (χ2v) is 12.1. The second-order valence-electron chi connectivity index (χ2n) is 12.1. The predicted molar refractivity (Wildman–Crippen MR) is 131 cm³/mol. The number of aliphatic hydroxyl groups is 3. The summed E-state index contributed by atoms with van der Waals surface area (Å²) >= 11 is 0. The fourth-order valence-corrected chi connectivity index (χ4v) is 7.41. The van der Waals surface area contributed by atoms with Gasteiger partial charge in [-0.1, -0.05) is 50.3 Å². The number of hydrogen-bond acceptors (Lipinski definition) is 3. The van der Waals surface area contributed by atoms with Crippen LogP contribution in [0, 0.1) is 28.6 Å². The van der Waals surface area contributed by atoms with Crippen LogP contribution in [0.15, 0.2) is 47.6 Å². The molecular weight excluding hydrogens is 396 g/mol. The zero-order valence-electron chi connectivity index (χ0n) is 20.6. The van der Waals surface area contributed by atoms with Crippen molar-refractivity contribution in [1.82, 2.24) is 0 Å². The van der Waals surface area contributed by atoms with Crippen molar-refractivity contribution in [2.45, 2.75) is 103 Å². The zero-order valence-corrected chi connectivity index (χ0v) is 20.6. The maximum atomic E-state index is 11.0. The molecule has 32 heavy (non-hydrogen) atoms. The molecule has 1 spiro atoms. The summed E-state index contributed by atoms with van der Waals surface area (Å²) in [6.45, 7) is 12.6. The monoisotopic (exact) mass is 440 g/mol. The fourth-order valence-electron chi connectivity index (χ4n) is 7.41. The summed E-state index contributed by atoms with van der Waals surface area (Å²) in [6, 6.07) is 0. The van der Waals surface area contributed by atoms with E-state index in [1.807, 2.05) is 13.8 Å². The molecule has 3 saturated carbocycles. The summed E-state index contributed by atoms with van der Waals surface area (Å²) in [6.07, 6.45) is 17.4. The maximum absolute atomic E-state index is 11.0. The van der Waals surface area contributed by atoms with E-state index in [0.29, 0.717) is 36.0 Å². The van der Waals surface area contributed by atoms with E-state index in [0.717, 1.165) is 24.0 Å². The lowest BCUT2D eigenvalue weighted by Gasteiger charge is -2.51. The molecule has 3 N–H and O–H groups in total. The van der Waals surface area contributed by atoms with Gasteiger partial charge in [0.1, 0.15) is 0 Å². The van der Waals surface area contributed by atoms with Crippen molar-refractivity contribution in [3.8, 4) is 0 Å². The van der Waals surface area contributed by atoms with Gasteiger partial charge in [-0.3, -0.25) is 0 Å². The van der Waals surface area contributed by atoms with Crippen molar-refractivity contribution < 1.29 is 15.3 Å². The van der Waals surface area contributed by atoms with E-state index in [1.54, 1.807) is 5.57 Å². The van der Waals surface area contributed by atoms with Gasteiger partial charge in [-0.15, -0.1) is 0 Å². The molecule has 0 aliphatic heterocycles. The highest BCUT2D eigenvalue weighted by atomic mass is 16.3. The second kappa shape index (κ2) is 8.56. The molecule has 0 aromatic heterocycles. The lowest BCUT2D eigenvalue weighted by atomic mass is 9.54. The van der Waals surface area contributed by atoms with Crippen molar-refractivity contribution in [3.05, 3.63) is 47.6 Å². The van der Waals surface area contributed by atoms with Gasteiger partial charge < -0.3 is 15.3 Å². The van der Waals surface area contributed by atoms with E-state index >= 15 is 0 Å². The summed E-state index contributed by atoms with van der Waals surface area (Å²) in [5.74, 6) is 1.84. The molecule has 0 aromatic carbocycles. The number of hydrogen-bond donors (Lipinski definition) is 3. The van der Waals surface area contributed by atoms with Crippen LogP contribution in [0.3, 0.4) is 0 Å². The highest BCUT2D eigenvalue weighted by Crippen LogP contribution is 2.64. The van der Waals surface area contributed by atoms with E-state index in [2.05, 4.69) is 44.7 Å². The van der Waals surface area contributed by atoms with Gasteiger partial charge in [0.25, 0.3) is 0 Å². The number of rotatable bonds is 2. The van der Waals surface area contributed by atoms with Crippen LogP contribution in [0.4, 0.5) is 0 Å². The molecule has 0 heterocycles. The highest BCUT2D eigenvalue weighted by Gasteiger charge is 2.55. The van der Waals surface area contributed by atoms with E-state index in [1.165, 1.54) is 32.1 Å². The predicted octanol–water partition coefficient (Wildman–Crippen LogP) is 5.87. The summed E-state index contributed by atoms with van der Waals surface area (Å²) in [7, 11) is 0. The largest absolute Gasteiger partial charge is 0.393 e. The Labute approximate surface area is 195 Å². The van der Waals surface area contributed by atoms with E-state index in [9.17, 15) is 15.3 Å². The van der Waals surface area contributed by atoms with Crippen molar-refractivity contribution in [3.63, 3.8) is 0 Å². The maximum Gasteiger partial charge on any atom is 0.0811 e. The van der Waals surface area contributed by atoms with Gasteiger partial charge in [-0.2, -0.15) is 0 Å². The van der Waals surface area contributed by atoms with Gasteiger partial charge >= 0.3 is 0 Å². The molecule has 3 fully saturated rings. The quantitative estimate of drug-likeness (QED) is 0.471. The van der Waals surface area contributed by atoms with E-state index in [-0.39, 0.29) is 5.41 Å². The lowest BCUT2D eigenvalue weighted by molar-refractivity contribution is -0.0407. The molecule has 0 saturated heterocycles. The van der Waals surface area contributed by atoms with Crippen molar-refractivity contribution in [2.75, 3.05) is 0 Å². The van der Waals surface area contributed by atoms with Crippen molar-refractivity contribution in [2.24, 2.45) is 28.6 Å². The van der Waals surface area contributed by atoms with Crippen LogP contribution < -0.4 is 0 Å². The van der Waals surface area contributed by atoms with E-state index in [4.69, 9.17) is 0 Å². The minimum Gasteiger partial charge on any atom is -0.393 e. The normalized spacial score (nSPS) is 46.5. The molecule has 0 aromatic rings. The third kappa shape index (κ3) is 4.10. The Bertz CT molecular complexity index is 828. The van der Waals surface area contributed by atoms with Crippen LogP contribution in [0.25, 0.3) is 0 Å². The Balaban J connectivity index is 1.65. The Hall–Kier alpha value is -1.16. The third-order valence-electron chi connectivity index (χ3n) is 9.93. The smallest absolute Gasteiger partial charge is 0.0811 e. The fraction of sp³-hybridized carbons (Fsp3) is 0.724. The van der Waals surface area contributed by atoms with Gasteiger partial charge in [-0.05, 0) is 99.5 Å². The molecule has 0 amide bonds. The summed E-state index contributed by atoms with van der Waals surface area (Å²) in [4.78, 5) is 0. The first-order valence-electron chi connectivity index (χ1n) is 12.8. The van der Waals surface area contributed by atoms with Gasteiger partial charge in [0.15, 0.2) is 0 Å². The highest BCUT2D eigenvalue weighted by molar-refractivity contribution is 5.39. The van der Waals surface area contributed by atoms with Gasteiger partial charge in [0, 0.05) is 11.8 Å². The molecule has 0 radical (unpaired) electrons. The topological polar surface area (TPSA) is 60.7 Å². The average molecular weight is 441 g/mol. The van der Waals surface area contributed by atoms with Crippen molar-refractivity contribution >= 4 is 0 Å². The molecule has 3 nitrogen and oxygen atoms in total. The lowest BCUT2D eigenvalue weighted by Crippen LogP contribution is -2.45. The number of aliphatic hydroxyl groups excluding tert-OH is 2. The SMILES string of the molecule is C=C1C(=CC=C2CCC[C@]34CC[C@@](C)(C(C)(C)O)/C=C\[C@@H](C)[C@H]3CCC24)C[C@@H](O)C[C@@H]1O. The average Bonchev–Trinajstić information content (AvgIpc) is 3.10. The van der Waals surface area contributed by atoms with Crippen LogP contribution in [-0.4, -0.2) is 33.1 Å². The summed E-state index contributed by atoms with van der Waals surface area (Å²) < 4.78 is 0. The van der Waals surface area contributed by atoms with Crippen LogP contribution in [0.5, 0.6) is 0 Å². The molecule has 178 valence electrons. The van der Waals surface area contributed by atoms with Crippen molar-refractivity contribution in [1.29, 1.82) is 0 Å². The third-order valence-corrected chi connectivity index (χ3v) is 9.93. The Morgan fingerprint density at radius 2 is 1.88 bits per heavy atom. The van der Waals surface area contributed by atoms with Crippen LogP contribution >= 0.6 is 0 Å². The molecule has 3 heteroatoms. The molecule has 4 aliphatic rings. The molecule has 4 aliphatic carbocycles. The first-order chi connectivity index (χ1) is 15.0.